The molecule has 3 aromatic carbocycles. The topological polar surface area (TPSA) is 78.6 Å². The van der Waals surface area contributed by atoms with Crippen LogP contribution in [0.5, 0.6) is 0 Å². The third-order valence-corrected chi connectivity index (χ3v) is 8.79. The minimum atomic E-state index is -3.72. The Morgan fingerprint density at radius 2 is 1.41 bits per heavy atom. The van der Waals surface area contributed by atoms with Crippen LogP contribution < -0.4 is 5.73 Å². The Morgan fingerprint density at radius 1 is 0.844 bits per heavy atom. The highest BCUT2D eigenvalue weighted by Gasteiger charge is 2.73. The summed E-state index contributed by atoms with van der Waals surface area (Å²) in [6, 6.07) is 26.5. The summed E-state index contributed by atoms with van der Waals surface area (Å²) in [4.78, 5) is 0.271. The molecule has 3 aromatic rings. The molecule has 3 atom stereocenters. The summed E-state index contributed by atoms with van der Waals surface area (Å²) in [7, 11) is -3.72. The van der Waals surface area contributed by atoms with E-state index in [9.17, 15) is 8.42 Å². The van der Waals surface area contributed by atoms with Crippen molar-refractivity contribution < 1.29 is 17.9 Å². The average molecular weight is 452 g/mol. The molecular formula is C26H29NO4S. The van der Waals surface area contributed by atoms with E-state index in [1.165, 1.54) is 0 Å². The summed E-state index contributed by atoms with van der Waals surface area (Å²) < 4.78 is 38.3. The molecule has 168 valence electrons. The molecule has 5 nitrogen and oxygen atoms in total. The lowest BCUT2D eigenvalue weighted by Crippen LogP contribution is -2.38. The smallest absolute Gasteiger partial charge is 0.188 e. The molecule has 0 aromatic heterocycles. The first kappa shape index (κ1) is 22.7. The first-order valence-corrected chi connectivity index (χ1v) is 12.3. The van der Waals surface area contributed by atoms with Crippen molar-refractivity contribution in [2.24, 2.45) is 11.7 Å². The van der Waals surface area contributed by atoms with E-state index in [0.29, 0.717) is 13.2 Å². The molecule has 0 radical (unpaired) electrons. The number of ether oxygens (including phenoxy) is 2. The van der Waals surface area contributed by atoms with Crippen LogP contribution in [0, 0.1) is 12.8 Å². The number of hydrogen-bond donors (Lipinski definition) is 1. The predicted molar refractivity (Wildman–Crippen MR) is 125 cm³/mol. The second-order valence-corrected chi connectivity index (χ2v) is 10.5. The number of nitrogens with two attached hydrogens (primary N) is 1. The van der Waals surface area contributed by atoms with E-state index in [4.69, 9.17) is 15.2 Å². The second kappa shape index (κ2) is 9.55. The van der Waals surface area contributed by atoms with Crippen molar-refractivity contribution in [1.82, 2.24) is 0 Å². The number of rotatable bonds is 10. The Hall–Kier alpha value is -2.51. The third kappa shape index (κ3) is 4.36. The zero-order valence-electron chi connectivity index (χ0n) is 18.2. The molecule has 1 aliphatic rings. The summed E-state index contributed by atoms with van der Waals surface area (Å²) in [6.07, 6.45) is -0.533. The third-order valence-electron chi connectivity index (χ3n) is 6.20. The molecular weight excluding hydrogens is 422 g/mol. The van der Waals surface area contributed by atoms with Gasteiger partial charge in [0.05, 0.1) is 30.8 Å². The van der Waals surface area contributed by atoms with E-state index in [2.05, 4.69) is 0 Å². The fourth-order valence-electron chi connectivity index (χ4n) is 4.25. The largest absolute Gasteiger partial charge is 0.376 e. The Balaban J connectivity index is 1.56. The molecule has 0 bridgehead atoms. The van der Waals surface area contributed by atoms with Crippen LogP contribution in [0.4, 0.5) is 0 Å². The SMILES string of the molecule is Cc1ccc(S(=O)(=O)[C@@]2(CN)[C@H](OCc3ccccc3)[C@@H]2COCc2ccccc2)cc1. The van der Waals surface area contributed by atoms with Crippen LogP contribution in [0.25, 0.3) is 0 Å². The Kier molecular flexibility index (Phi) is 6.76. The van der Waals surface area contributed by atoms with Crippen molar-refractivity contribution in [2.75, 3.05) is 13.2 Å². The quantitative estimate of drug-likeness (QED) is 0.506. The van der Waals surface area contributed by atoms with Gasteiger partial charge in [0.25, 0.3) is 0 Å². The van der Waals surface area contributed by atoms with E-state index < -0.39 is 20.7 Å². The maximum Gasteiger partial charge on any atom is 0.188 e. The highest BCUT2D eigenvalue weighted by molar-refractivity contribution is 7.93. The molecule has 0 aliphatic heterocycles. The van der Waals surface area contributed by atoms with Crippen LogP contribution in [0.3, 0.4) is 0 Å². The van der Waals surface area contributed by atoms with Crippen LogP contribution in [-0.4, -0.2) is 32.4 Å². The van der Waals surface area contributed by atoms with Gasteiger partial charge in [0.1, 0.15) is 4.75 Å². The van der Waals surface area contributed by atoms with E-state index in [-0.39, 0.29) is 24.0 Å². The monoisotopic (exact) mass is 451 g/mol. The van der Waals surface area contributed by atoms with Gasteiger partial charge in [0.15, 0.2) is 9.84 Å². The van der Waals surface area contributed by atoms with Gasteiger partial charge < -0.3 is 15.2 Å². The van der Waals surface area contributed by atoms with Gasteiger partial charge in [-0.05, 0) is 30.2 Å². The molecule has 0 saturated heterocycles. The summed E-state index contributed by atoms with van der Waals surface area (Å²) in [5, 5.41) is 0. The summed E-state index contributed by atoms with van der Waals surface area (Å²) in [5.41, 5.74) is 9.17. The maximum atomic E-state index is 13.7. The molecule has 1 saturated carbocycles. The van der Waals surface area contributed by atoms with Gasteiger partial charge in [-0.15, -0.1) is 0 Å². The van der Waals surface area contributed by atoms with E-state index >= 15 is 0 Å². The van der Waals surface area contributed by atoms with Gasteiger partial charge in [-0.25, -0.2) is 8.42 Å². The zero-order valence-corrected chi connectivity index (χ0v) is 19.0. The van der Waals surface area contributed by atoms with Crippen LogP contribution in [0.1, 0.15) is 16.7 Å². The fraction of sp³-hybridized carbons (Fsp3) is 0.308. The maximum absolute atomic E-state index is 13.7. The van der Waals surface area contributed by atoms with Gasteiger partial charge in [-0.1, -0.05) is 78.4 Å². The molecule has 0 heterocycles. The van der Waals surface area contributed by atoms with Crippen LogP contribution in [-0.2, 0) is 32.5 Å². The molecule has 1 fully saturated rings. The summed E-state index contributed by atoms with van der Waals surface area (Å²) >= 11 is 0. The van der Waals surface area contributed by atoms with Crippen molar-refractivity contribution in [2.45, 2.75) is 35.9 Å². The Bertz CT molecular complexity index is 1120. The summed E-state index contributed by atoms with van der Waals surface area (Å²) in [5.74, 6) is -0.341. The molecule has 32 heavy (non-hydrogen) atoms. The first-order chi connectivity index (χ1) is 15.5. The normalized spacial score (nSPS) is 22.6. The standard InChI is InChI=1S/C26H29NO4S/c1-20-12-14-23(15-13-20)32(28,29)26(19-27)24(18-30-16-21-8-4-2-5-9-21)25(26)31-17-22-10-6-3-7-11-22/h2-15,24-25H,16-19,27H2,1H3/t24-,25+,26+/m0/s1. The Labute approximate surface area is 190 Å². The lowest BCUT2D eigenvalue weighted by atomic mass is 10.2. The van der Waals surface area contributed by atoms with Gasteiger partial charge in [-0.2, -0.15) is 0 Å². The van der Waals surface area contributed by atoms with Gasteiger partial charge >= 0.3 is 0 Å². The first-order valence-electron chi connectivity index (χ1n) is 10.8. The highest BCUT2D eigenvalue weighted by Crippen LogP contribution is 2.54. The van der Waals surface area contributed by atoms with Crippen LogP contribution in [0.15, 0.2) is 89.8 Å². The lowest BCUT2D eigenvalue weighted by molar-refractivity contribution is 0.0608. The van der Waals surface area contributed by atoms with Crippen LogP contribution in [0.2, 0.25) is 0 Å². The van der Waals surface area contributed by atoms with Crippen molar-refractivity contribution in [3.63, 3.8) is 0 Å². The second-order valence-electron chi connectivity index (χ2n) is 8.30. The molecule has 6 heteroatoms. The van der Waals surface area contributed by atoms with Crippen molar-refractivity contribution in [3.05, 3.63) is 102 Å². The number of aryl methyl sites for hydroxylation is 1. The molecule has 4 rings (SSSR count). The van der Waals surface area contributed by atoms with Gasteiger partial charge in [0.2, 0.25) is 0 Å². The molecule has 2 N–H and O–H groups in total. The molecule has 0 amide bonds. The fourth-order valence-corrected chi connectivity index (χ4v) is 6.46. The number of hydrogen-bond acceptors (Lipinski definition) is 5. The Morgan fingerprint density at radius 3 is 1.97 bits per heavy atom. The lowest BCUT2D eigenvalue weighted by Gasteiger charge is -2.18. The molecule has 0 spiro atoms. The van der Waals surface area contributed by atoms with E-state index in [1.54, 1.807) is 24.3 Å². The average Bonchev–Trinajstić information content (AvgIpc) is 3.47. The predicted octanol–water partition coefficient (Wildman–Crippen LogP) is 3.90. The minimum absolute atomic E-state index is 0.0258. The van der Waals surface area contributed by atoms with Gasteiger partial charge in [0, 0.05) is 12.5 Å². The van der Waals surface area contributed by atoms with E-state index in [1.807, 2.05) is 67.6 Å². The van der Waals surface area contributed by atoms with Crippen molar-refractivity contribution in [3.8, 4) is 0 Å². The number of benzene rings is 3. The minimum Gasteiger partial charge on any atom is -0.376 e. The van der Waals surface area contributed by atoms with Crippen molar-refractivity contribution in [1.29, 1.82) is 0 Å². The number of sulfone groups is 1. The van der Waals surface area contributed by atoms with Gasteiger partial charge in [-0.3, -0.25) is 0 Å². The van der Waals surface area contributed by atoms with Crippen molar-refractivity contribution >= 4 is 9.84 Å². The summed E-state index contributed by atoms with van der Waals surface area (Å²) in [6.45, 7) is 2.90. The zero-order chi connectivity index (χ0) is 22.6. The molecule has 0 unspecified atom stereocenters. The highest BCUT2D eigenvalue weighted by atomic mass is 32.2. The van der Waals surface area contributed by atoms with E-state index in [0.717, 1.165) is 16.7 Å². The van der Waals surface area contributed by atoms with Crippen LogP contribution >= 0.6 is 0 Å². The molecule has 1 aliphatic carbocycles.